The summed E-state index contributed by atoms with van der Waals surface area (Å²) in [6.45, 7) is 0. The second-order valence-electron chi connectivity index (χ2n) is 3.85. The molecule has 0 amide bonds. The van der Waals surface area contributed by atoms with Crippen LogP contribution in [0.4, 0.5) is 0 Å². The van der Waals surface area contributed by atoms with Crippen LogP contribution in [0.15, 0.2) is 54.6 Å². The molecule has 0 aliphatic rings. The van der Waals surface area contributed by atoms with E-state index in [0.717, 1.165) is 16.3 Å². The van der Waals surface area contributed by atoms with Crippen molar-refractivity contribution in [2.45, 2.75) is 0 Å². The van der Waals surface area contributed by atoms with Gasteiger partial charge in [0.05, 0.1) is 0 Å². The van der Waals surface area contributed by atoms with E-state index in [9.17, 15) is 0 Å². The maximum atomic E-state index is 7.28. The highest BCUT2D eigenvalue weighted by molar-refractivity contribution is 6.00. The zero-order valence-corrected chi connectivity index (χ0v) is 8.70. The summed E-state index contributed by atoms with van der Waals surface area (Å²) in [4.78, 5) is 0. The minimum atomic E-state index is 0.850. The van der Waals surface area contributed by atoms with E-state index in [2.05, 4.69) is 36.3 Å². The van der Waals surface area contributed by atoms with E-state index in [1.165, 1.54) is 10.8 Å². The summed E-state index contributed by atoms with van der Waals surface area (Å²) >= 11 is 0. The lowest BCUT2D eigenvalue weighted by molar-refractivity contribution is 1.72. The largest absolute Gasteiger partial charge is 0.0616 e. The smallest absolute Gasteiger partial charge is 0.0334 e. The van der Waals surface area contributed by atoms with Gasteiger partial charge in [-0.2, -0.15) is 0 Å². The zero-order valence-electron chi connectivity index (χ0n) is 8.70. The van der Waals surface area contributed by atoms with Gasteiger partial charge in [-0.25, -0.2) is 0 Å². The van der Waals surface area contributed by atoms with E-state index in [1.54, 1.807) is 0 Å². The Morgan fingerprint density at radius 3 is 2.19 bits per heavy atom. The molecule has 3 aromatic rings. The maximum Gasteiger partial charge on any atom is 0.0334 e. The molecule has 0 spiro atoms. The molecule has 0 aliphatic heterocycles. The fourth-order valence-electron chi connectivity index (χ4n) is 2.08. The Kier molecular flexibility index (Phi) is 1.91. The summed E-state index contributed by atoms with van der Waals surface area (Å²) < 4.78 is 0. The molecule has 3 rings (SSSR count). The first-order valence-corrected chi connectivity index (χ1v) is 5.23. The van der Waals surface area contributed by atoms with Crippen molar-refractivity contribution in [2.24, 2.45) is 0 Å². The van der Waals surface area contributed by atoms with Crippen LogP contribution in [0.3, 0.4) is 0 Å². The van der Waals surface area contributed by atoms with E-state index in [0.29, 0.717) is 0 Å². The van der Waals surface area contributed by atoms with Crippen molar-refractivity contribution in [3.63, 3.8) is 0 Å². The Labute approximate surface area is 94.5 Å². The standard InChI is InChI=1S/C16H9/c1-2-12-8-5-9-15-10-13-6-3-4-7-14(13)11-16(12)15/h3-11H. The van der Waals surface area contributed by atoms with Crippen LogP contribution in [-0.4, -0.2) is 0 Å². The number of benzene rings is 3. The Balaban J connectivity index is 2.52. The SMILES string of the molecule is [C]#Cc1cccc2cc3ccccc3cc12. The minimum Gasteiger partial charge on any atom is -0.0616 e. The molecule has 73 valence electrons. The third kappa shape index (κ3) is 1.26. The molecule has 0 heterocycles. The zero-order chi connectivity index (χ0) is 11.0. The Hall–Kier alpha value is -2.26. The van der Waals surface area contributed by atoms with Gasteiger partial charge in [-0.3, -0.25) is 0 Å². The van der Waals surface area contributed by atoms with Crippen LogP contribution < -0.4 is 0 Å². The summed E-state index contributed by atoms with van der Waals surface area (Å²) in [6, 6.07) is 18.5. The molecule has 0 saturated heterocycles. The fraction of sp³-hybridized carbons (Fsp3) is 0. The lowest BCUT2D eigenvalue weighted by Gasteiger charge is -2.03. The molecule has 0 unspecified atom stereocenters. The van der Waals surface area contributed by atoms with Crippen molar-refractivity contribution in [2.75, 3.05) is 0 Å². The first-order valence-electron chi connectivity index (χ1n) is 5.23. The highest BCUT2D eigenvalue weighted by atomic mass is 14.0. The minimum absolute atomic E-state index is 0.850. The topological polar surface area (TPSA) is 0 Å². The number of hydrogen-bond acceptors (Lipinski definition) is 0. The third-order valence-corrected chi connectivity index (χ3v) is 2.88. The Morgan fingerprint density at radius 2 is 1.44 bits per heavy atom. The Morgan fingerprint density at radius 1 is 0.750 bits per heavy atom. The number of fused-ring (bicyclic) bond motifs is 2. The van der Waals surface area contributed by atoms with E-state index < -0.39 is 0 Å². The molecule has 0 nitrogen and oxygen atoms in total. The molecule has 0 atom stereocenters. The second-order valence-corrected chi connectivity index (χ2v) is 3.85. The monoisotopic (exact) mass is 201 g/mol. The normalized spacial score (nSPS) is 10.4. The third-order valence-electron chi connectivity index (χ3n) is 2.88. The van der Waals surface area contributed by atoms with Crippen molar-refractivity contribution in [1.82, 2.24) is 0 Å². The van der Waals surface area contributed by atoms with Crippen LogP contribution in [0.1, 0.15) is 5.56 Å². The summed E-state index contributed by atoms with van der Waals surface area (Å²) in [6.07, 6.45) is 7.28. The van der Waals surface area contributed by atoms with Crippen LogP contribution in [0.25, 0.3) is 21.5 Å². The van der Waals surface area contributed by atoms with Crippen molar-refractivity contribution >= 4 is 21.5 Å². The molecular formula is C16H9. The summed E-state index contributed by atoms with van der Waals surface area (Å²) in [5.41, 5.74) is 0.850. The van der Waals surface area contributed by atoms with Crippen molar-refractivity contribution in [1.29, 1.82) is 0 Å². The van der Waals surface area contributed by atoms with Crippen LogP contribution in [0, 0.1) is 12.3 Å². The van der Waals surface area contributed by atoms with Gasteiger partial charge < -0.3 is 0 Å². The van der Waals surface area contributed by atoms with Crippen molar-refractivity contribution < 1.29 is 0 Å². The quantitative estimate of drug-likeness (QED) is 0.382. The van der Waals surface area contributed by atoms with Gasteiger partial charge in [0.15, 0.2) is 0 Å². The molecule has 16 heavy (non-hydrogen) atoms. The predicted octanol–water partition coefficient (Wildman–Crippen LogP) is 3.93. The molecule has 3 aromatic carbocycles. The van der Waals surface area contributed by atoms with Gasteiger partial charge in [-0.1, -0.05) is 42.3 Å². The van der Waals surface area contributed by atoms with Gasteiger partial charge in [-0.15, -0.1) is 0 Å². The highest BCUT2D eigenvalue weighted by Crippen LogP contribution is 2.24. The lowest BCUT2D eigenvalue weighted by atomic mass is 10.0. The van der Waals surface area contributed by atoms with Crippen LogP contribution >= 0.6 is 0 Å². The van der Waals surface area contributed by atoms with Crippen molar-refractivity contribution in [3.8, 4) is 5.92 Å². The molecular weight excluding hydrogens is 192 g/mol. The van der Waals surface area contributed by atoms with E-state index in [1.807, 2.05) is 24.3 Å². The van der Waals surface area contributed by atoms with Gasteiger partial charge in [0.25, 0.3) is 0 Å². The molecule has 0 heteroatoms. The first kappa shape index (κ1) is 9.00. The van der Waals surface area contributed by atoms with Gasteiger partial charge in [0.2, 0.25) is 0 Å². The highest BCUT2D eigenvalue weighted by Gasteiger charge is 2.00. The summed E-state index contributed by atoms with van der Waals surface area (Å²) in [5.74, 6) is 2.48. The van der Waals surface area contributed by atoms with Gasteiger partial charge >= 0.3 is 0 Å². The van der Waals surface area contributed by atoms with Crippen molar-refractivity contribution in [3.05, 3.63) is 66.6 Å². The van der Waals surface area contributed by atoms with E-state index in [-0.39, 0.29) is 0 Å². The van der Waals surface area contributed by atoms with Gasteiger partial charge in [0, 0.05) is 5.56 Å². The maximum absolute atomic E-state index is 7.28. The van der Waals surface area contributed by atoms with Crippen LogP contribution in [0.2, 0.25) is 0 Å². The van der Waals surface area contributed by atoms with Gasteiger partial charge in [-0.05, 0) is 46.2 Å². The number of rotatable bonds is 0. The molecule has 0 bridgehead atoms. The van der Waals surface area contributed by atoms with E-state index in [4.69, 9.17) is 6.42 Å². The average Bonchev–Trinajstić information content (AvgIpc) is 2.35. The Bertz CT molecular complexity index is 715. The molecule has 0 aliphatic carbocycles. The first-order chi connectivity index (χ1) is 7.88. The summed E-state index contributed by atoms with van der Waals surface area (Å²) in [7, 11) is 0. The second kappa shape index (κ2) is 3.40. The fourth-order valence-corrected chi connectivity index (χ4v) is 2.08. The van der Waals surface area contributed by atoms with Gasteiger partial charge in [0.1, 0.15) is 0 Å². The molecule has 1 radical (unpaired) electrons. The molecule has 0 saturated carbocycles. The molecule has 0 fully saturated rings. The summed E-state index contributed by atoms with van der Waals surface area (Å²) in [5, 5.41) is 4.70. The average molecular weight is 201 g/mol. The molecule has 0 N–H and O–H groups in total. The predicted molar refractivity (Wildman–Crippen MR) is 67.7 cm³/mol. The van der Waals surface area contributed by atoms with Crippen LogP contribution in [0.5, 0.6) is 0 Å². The number of hydrogen-bond donors (Lipinski definition) is 0. The van der Waals surface area contributed by atoms with E-state index >= 15 is 0 Å². The van der Waals surface area contributed by atoms with Crippen LogP contribution in [-0.2, 0) is 0 Å². The molecule has 0 aromatic heterocycles. The lowest BCUT2D eigenvalue weighted by Crippen LogP contribution is -1.80.